The van der Waals surface area contributed by atoms with Gasteiger partial charge in [0.1, 0.15) is 5.76 Å². The lowest BCUT2D eigenvalue weighted by Gasteiger charge is -2.31. The van der Waals surface area contributed by atoms with E-state index in [1.165, 1.54) is 0 Å². The Hall–Kier alpha value is -1.36. The van der Waals surface area contributed by atoms with Gasteiger partial charge in [-0.15, -0.1) is 0 Å². The predicted octanol–water partition coefficient (Wildman–Crippen LogP) is 0.950. The monoisotopic (exact) mass is 235 g/mol. The number of piperidine rings is 1. The average molecular weight is 235 g/mol. The van der Waals surface area contributed by atoms with E-state index in [9.17, 15) is 4.79 Å². The normalized spacial score (nSPS) is 28.2. The highest BCUT2D eigenvalue weighted by Crippen LogP contribution is 2.26. The van der Waals surface area contributed by atoms with E-state index in [1.807, 2.05) is 4.90 Å². The van der Waals surface area contributed by atoms with E-state index in [0.717, 1.165) is 32.4 Å². The third-order valence-corrected chi connectivity index (χ3v) is 3.74. The Morgan fingerprint density at radius 1 is 1.59 bits per heavy atom. The number of likely N-dealkylation sites (tertiary alicyclic amines) is 1. The van der Waals surface area contributed by atoms with Gasteiger partial charge in [-0.05, 0) is 32.7 Å². The number of carbonyl (C=O) groups excluding carboxylic acids is 1. The first kappa shape index (κ1) is 10.8. The first-order chi connectivity index (χ1) is 8.25. The molecule has 2 atom stereocenters. The highest BCUT2D eigenvalue weighted by atomic mass is 16.5. The summed E-state index contributed by atoms with van der Waals surface area (Å²) in [6.07, 6.45) is 3.29. The van der Waals surface area contributed by atoms with Crippen molar-refractivity contribution in [3.63, 3.8) is 0 Å². The summed E-state index contributed by atoms with van der Waals surface area (Å²) in [4.78, 5) is 14.2. The van der Waals surface area contributed by atoms with Crippen LogP contribution in [0.25, 0.3) is 0 Å². The van der Waals surface area contributed by atoms with Crippen molar-refractivity contribution in [3.05, 3.63) is 17.5 Å². The molecule has 1 amide bonds. The van der Waals surface area contributed by atoms with Crippen LogP contribution in [0.1, 0.15) is 35.5 Å². The highest BCUT2D eigenvalue weighted by molar-refractivity contribution is 5.92. The molecule has 0 aromatic carbocycles. The van der Waals surface area contributed by atoms with Crippen LogP contribution in [0.4, 0.5) is 0 Å². The van der Waals surface area contributed by atoms with Crippen molar-refractivity contribution in [2.24, 2.45) is 0 Å². The van der Waals surface area contributed by atoms with Gasteiger partial charge in [0, 0.05) is 24.7 Å². The first-order valence-corrected chi connectivity index (χ1v) is 6.23. The number of aromatic nitrogens is 1. The van der Waals surface area contributed by atoms with Crippen LogP contribution in [0.3, 0.4) is 0 Å². The summed E-state index contributed by atoms with van der Waals surface area (Å²) in [6, 6.07) is 2.53. The molecule has 17 heavy (non-hydrogen) atoms. The molecule has 5 nitrogen and oxygen atoms in total. The van der Waals surface area contributed by atoms with Gasteiger partial charge in [-0.2, -0.15) is 0 Å². The fourth-order valence-electron chi connectivity index (χ4n) is 2.91. The molecule has 5 heteroatoms. The Morgan fingerprint density at radius 3 is 3.24 bits per heavy atom. The summed E-state index contributed by atoms with van der Waals surface area (Å²) in [5, 5.41) is 7.30. The Labute approximate surface area is 100 Å². The second-order valence-corrected chi connectivity index (χ2v) is 4.88. The minimum Gasteiger partial charge on any atom is -0.361 e. The standard InChI is InChI=1S/C12H17N3O2/c1-8-7-10(14-17-8)12(16)15-6-4-9-11(15)3-2-5-13-9/h7,9,11,13H,2-6H2,1H3. The summed E-state index contributed by atoms with van der Waals surface area (Å²) in [5.74, 6) is 0.698. The van der Waals surface area contributed by atoms with E-state index < -0.39 is 0 Å². The van der Waals surface area contributed by atoms with Gasteiger partial charge >= 0.3 is 0 Å². The fourth-order valence-corrected chi connectivity index (χ4v) is 2.91. The molecule has 3 rings (SSSR count). The molecule has 0 bridgehead atoms. The van der Waals surface area contributed by atoms with E-state index in [0.29, 0.717) is 23.5 Å². The second-order valence-electron chi connectivity index (χ2n) is 4.88. The van der Waals surface area contributed by atoms with Crippen molar-refractivity contribution in [3.8, 4) is 0 Å². The predicted molar refractivity (Wildman–Crippen MR) is 61.7 cm³/mol. The molecule has 1 N–H and O–H groups in total. The largest absolute Gasteiger partial charge is 0.361 e. The summed E-state index contributed by atoms with van der Waals surface area (Å²) in [5.41, 5.74) is 0.439. The number of aryl methyl sites for hydroxylation is 1. The molecule has 0 spiro atoms. The maximum Gasteiger partial charge on any atom is 0.276 e. The summed E-state index contributed by atoms with van der Waals surface area (Å²) >= 11 is 0. The zero-order valence-corrected chi connectivity index (χ0v) is 9.98. The lowest BCUT2D eigenvalue weighted by Crippen LogP contribution is -2.48. The molecule has 3 heterocycles. The number of hydrogen-bond donors (Lipinski definition) is 1. The van der Waals surface area contributed by atoms with Gasteiger partial charge in [0.25, 0.3) is 5.91 Å². The summed E-state index contributed by atoms with van der Waals surface area (Å²) < 4.78 is 4.97. The molecule has 1 aromatic rings. The van der Waals surface area contributed by atoms with Gasteiger partial charge in [0.2, 0.25) is 0 Å². The number of carbonyl (C=O) groups is 1. The smallest absolute Gasteiger partial charge is 0.276 e. The van der Waals surface area contributed by atoms with Crippen molar-refractivity contribution >= 4 is 5.91 Å². The summed E-state index contributed by atoms with van der Waals surface area (Å²) in [7, 11) is 0. The van der Waals surface area contributed by atoms with E-state index in [-0.39, 0.29) is 5.91 Å². The van der Waals surface area contributed by atoms with Gasteiger partial charge in [0.05, 0.1) is 0 Å². The molecule has 1 aromatic heterocycles. The third-order valence-electron chi connectivity index (χ3n) is 3.74. The van der Waals surface area contributed by atoms with E-state index >= 15 is 0 Å². The molecule has 0 radical (unpaired) electrons. The topological polar surface area (TPSA) is 58.4 Å². The Balaban J connectivity index is 1.78. The number of hydrogen-bond acceptors (Lipinski definition) is 4. The number of fused-ring (bicyclic) bond motifs is 1. The van der Waals surface area contributed by atoms with Crippen LogP contribution in [-0.2, 0) is 0 Å². The van der Waals surface area contributed by atoms with Gasteiger partial charge in [-0.25, -0.2) is 0 Å². The fraction of sp³-hybridized carbons (Fsp3) is 0.667. The van der Waals surface area contributed by atoms with Gasteiger partial charge < -0.3 is 14.7 Å². The lowest BCUT2D eigenvalue weighted by atomic mass is 9.99. The van der Waals surface area contributed by atoms with E-state index in [2.05, 4.69) is 10.5 Å². The zero-order valence-electron chi connectivity index (χ0n) is 9.98. The van der Waals surface area contributed by atoms with Crippen LogP contribution >= 0.6 is 0 Å². The van der Waals surface area contributed by atoms with Gasteiger partial charge in [-0.3, -0.25) is 4.79 Å². The van der Waals surface area contributed by atoms with Crippen LogP contribution in [0.5, 0.6) is 0 Å². The molecular formula is C12H17N3O2. The van der Waals surface area contributed by atoms with Gasteiger partial charge in [0.15, 0.2) is 5.69 Å². The van der Waals surface area contributed by atoms with Crippen LogP contribution in [0.15, 0.2) is 10.6 Å². The maximum absolute atomic E-state index is 12.3. The minimum atomic E-state index is 0.0121. The van der Waals surface area contributed by atoms with E-state index in [1.54, 1.807) is 13.0 Å². The lowest BCUT2D eigenvalue weighted by molar-refractivity contribution is 0.0695. The van der Waals surface area contributed by atoms with E-state index in [4.69, 9.17) is 4.52 Å². The first-order valence-electron chi connectivity index (χ1n) is 6.23. The van der Waals surface area contributed by atoms with Crippen LogP contribution in [0.2, 0.25) is 0 Å². The number of nitrogens with zero attached hydrogens (tertiary/aromatic N) is 2. The van der Waals surface area contributed by atoms with Crippen molar-refractivity contribution in [1.82, 2.24) is 15.4 Å². The maximum atomic E-state index is 12.3. The molecule has 0 aliphatic carbocycles. The summed E-state index contributed by atoms with van der Waals surface area (Å²) in [6.45, 7) is 3.71. The molecule has 92 valence electrons. The van der Waals surface area contributed by atoms with Crippen molar-refractivity contribution < 1.29 is 9.32 Å². The Kier molecular flexibility index (Phi) is 2.63. The Morgan fingerprint density at radius 2 is 2.47 bits per heavy atom. The third kappa shape index (κ3) is 1.84. The Bertz CT molecular complexity index is 429. The van der Waals surface area contributed by atoms with Crippen molar-refractivity contribution in [1.29, 1.82) is 0 Å². The van der Waals surface area contributed by atoms with Crippen LogP contribution in [-0.4, -0.2) is 41.1 Å². The average Bonchev–Trinajstić information content (AvgIpc) is 2.94. The zero-order chi connectivity index (χ0) is 11.8. The molecule has 2 fully saturated rings. The van der Waals surface area contributed by atoms with Crippen LogP contribution < -0.4 is 5.32 Å². The second kappa shape index (κ2) is 4.14. The van der Waals surface area contributed by atoms with Crippen LogP contribution in [0, 0.1) is 6.92 Å². The minimum absolute atomic E-state index is 0.0121. The molecule has 2 aliphatic rings. The molecule has 2 saturated heterocycles. The quantitative estimate of drug-likeness (QED) is 0.787. The number of rotatable bonds is 1. The number of amides is 1. The number of nitrogens with one attached hydrogen (secondary N) is 1. The molecule has 2 aliphatic heterocycles. The van der Waals surface area contributed by atoms with Crippen molar-refractivity contribution in [2.75, 3.05) is 13.1 Å². The highest BCUT2D eigenvalue weighted by Gasteiger charge is 2.39. The van der Waals surface area contributed by atoms with Crippen molar-refractivity contribution in [2.45, 2.75) is 38.3 Å². The molecular weight excluding hydrogens is 218 g/mol. The van der Waals surface area contributed by atoms with Gasteiger partial charge in [-0.1, -0.05) is 5.16 Å². The molecule has 0 saturated carbocycles. The molecule has 2 unspecified atom stereocenters. The SMILES string of the molecule is Cc1cc(C(=O)N2CCC3NCCCC32)no1.